The molecule has 0 radical (unpaired) electrons. The van der Waals surface area contributed by atoms with Gasteiger partial charge in [-0.25, -0.2) is 4.98 Å². The molecular weight excluding hydrogens is 298 g/mol. The van der Waals surface area contributed by atoms with E-state index in [1.807, 2.05) is 24.3 Å². The second kappa shape index (κ2) is 6.57. The zero-order chi connectivity index (χ0) is 17.2. The normalized spacial score (nSPS) is 13.1. The van der Waals surface area contributed by atoms with Gasteiger partial charge < -0.3 is 5.32 Å². The minimum absolute atomic E-state index is 0.0489. The summed E-state index contributed by atoms with van der Waals surface area (Å²) in [6, 6.07) is 17.7. The molecule has 3 aromatic rings. The molecule has 124 valence electrons. The molecule has 1 N–H and O–H groups in total. The number of hydrogen-bond acceptors (Lipinski definition) is 3. The molecule has 0 aliphatic heterocycles. The molecule has 2 heterocycles. The van der Waals surface area contributed by atoms with Crippen molar-refractivity contribution in [3.8, 4) is 0 Å². The number of aromatic nitrogens is 2. The lowest BCUT2D eigenvalue weighted by Crippen LogP contribution is -2.32. The highest BCUT2D eigenvalue weighted by molar-refractivity contribution is 5.38. The van der Waals surface area contributed by atoms with Crippen molar-refractivity contribution < 1.29 is 0 Å². The van der Waals surface area contributed by atoms with Crippen molar-refractivity contribution in [1.29, 1.82) is 0 Å². The first-order chi connectivity index (χ1) is 11.4. The van der Waals surface area contributed by atoms with Crippen molar-refractivity contribution in [2.24, 2.45) is 5.41 Å². The monoisotopic (exact) mass is 321 g/mol. The Labute approximate surface area is 142 Å². The maximum Gasteiger partial charge on any atom is 0.258 e. The van der Waals surface area contributed by atoms with Gasteiger partial charge in [-0.2, -0.15) is 0 Å². The third-order valence-electron chi connectivity index (χ3n) is 4.11. The summed E-state index contributed by atoms with van der Waals surface area (Å²) in [6.45, 7) is 7.18. The lowest BCUT2D eigenvalue weighted by Gasteiger charge is -2.32. The Balaban J connectivity index is 1.86. The Hall–Kier alpha value is -2.46. The van der Waals surface area contributed by atoms with Gasteiger partial charge in [0.15, 0.2) is 0 Å². The van der Waals surface area contributed by atoms with Crippen molar-refractivity contribution in [1.82, 2.24) is 14.7 Å². The Morgan fingerprint density at radius 1 is 1.08 bits per heavy atom. The van der Waals surface area contributed by atoms with E-state index in [2.05, 4.69) is 55.3 Å². The van der Waals surface area contributed by atoms with Gasteiger partial charge >= 0.3 is 0 Å². The molecule has 1 atom stereocenters. The summed E-state index contributed by atoms with van der Waals surface area (Å²) >= 11 is 0. The van der Waals surface area contributed by atoms with Crippen molar-refractivity contribution in [3.05, 3.63) is 82.4 Å². The zero-order valence-corrected chi connectivity index (χ0v) is 14.4. The smallest absolute Gasteiger partial charge is 0.258 e. The fourth-order valence-corrected chi connectivity index (χ4v) is 2.97. The number of pyridine rings is 1. The second-order valence-electron chi connectivity index (χ2n) is 7.11. The molecule has 0 fully saturated rings. The predicted octanol–water partition coefficient (Wildman–Crippen LogP) is 3.57. The molecule has 0 spiro atoms. The highest BCUT2D eigenvalue weighted by Crippen LogP contribution is 2.32. The minimum Gasteiger partial charge on any atom is -0.304 e. The lowest BCUT2D eigenvalue weighted by atomic mass is 9.82. The fourth-order valence-electron chi connectivity index (χ4n) is 2.97. The van der Waals surface area contributed by atoms with Gasteiger partial charge in [0, 0.05) is 24.8 Å². The molecule has 0 aliphatic carbocycles. The largest absolute Gasteiger partial charge is 0.304 e. The van der Waals surface area contributed by atoms with Gasteiger partial charge in [0.25, 0.3) is 5.56 Å². The third-order valence-corrected chi connectivity index (χ3v) is 4.11. The van der Waals surface area contributed by atoms with Gasteiger partial charge in [-0.3, -0.25) is 9.20 Å². The van der Waals surface area contributed by atoms with E-state index in [1.54, 1.807) is 16.7 Å². The Kier molecular flexibility index (Phi) is 4.49. The van der Waals surface area contributed by atoms with Crippen molar-refractivity contribution in [2.75, 3.05) is 0 Å². The first kappa shape index (κ1) is 16.4. The van der Waals surface area contributed by atoms with E-state index in [1.165, 1.54) is 5.56 Å². The number of benzene rings is 1. The second-order valence-corrected chi connectivity index (χ2v) is 7.11. The summed E-state index contributed by atoms with van der Waals surface area (Å²) in [6.07, 6.45) is 1.74. The molecule has 1 aromatic carbocycles. The van der Waals surface area contributed by atoms with Crippen molar-refractivity contribution >= 4 is 5.65 Å². The molecule has 4 nitrogen and oxygen atoms in total. The molecule has 0 amide bonds. The summed E-state index contributed by atoms with van der Waals surface area (Å²) in [5.74, 6) is 0. The standard InChI is InChI=1S/C20H23N3O/c1-20(2,3)19(15-9-5-4-6-10-15)21-14-16-13-18(24)23-12-8-7-11-17(23)22-16/h4-13,19,21H,14H2,1-3H3/t19-/m1/s1. The quantitative estimate of drug-likeness (QED) is 0.799. The van der Waals surface area contributed by atoms with Crippen molar-refractivity contribution in [2.45, 2.75) is 33.4 Å². The maximum absolute atomic E-state index is 12.2. The Morgan fingerprint density at radius 2 is 1.79 bits per heavy atom. The minimum atomic E-state index is -0.0515. The third kappa shape index (κ3) is 3.54. The first-order valence-corrected chi connectivity index (χ1v) is 8.21. The van der Waals surface area contributed by atoms with Crippen LogP contribution in [0.1, 0.15) is 38.1 Å². The molecule has 4 heteroatoms. The van der Waals surface area contributed by atoms with Gasteiger partial charge in [-0.05, 0) is 23.1 Å². The molecule has 3 rings (SSSR count). The molecule has 2 aromatic heterocycles. The number of rotatable bonds is 4. The van der Waals surface area contributed by atoms with Crippen LogP contribution >= 0.6 is 0 Å². The molecular formula is C20H23N3O. The van der Waals surface area contributed by atoms with E-state index in [9.17, 15) is 4.79 Å². The summed E-state index contributed by atoms with van der Waals surface area (Å²) in [5, 5.41) is 3.57. The molecule has 0 aliphatic rings. The van der Waals surface area contributed by atoms with Crippen LogP contribution in [0.3, 0.4) is 0 Å². The SMILES string of the molecule is CC(C)(C)[C@H](NCc1cc(=O)n2ccccc2n1)c1ccccc1. The number of nitrogens with zero attached hydrogens (tertiary/aromatic N) is 2. The number of fused-ring (bicyclic) bond motifs is 1. The highest BCUT2D eigenvalue weighted by atomic mass is 16.1. The topological polar surface area (TPSA) is 46.4 Å². The van der Waals surface area contributed by atoms with Crippen LogP contribution in [0.25, 0.3) is 5.65 Å². The van der Waals surface area contributed by atoms with Gasteiger partial charge in [-0.15, -0.1) is 0 Å². The van der Waals surface area contributed by atoms with Crippen LogP contribution in [0.4, 0.5) is 0 Å². The predicted molar refractivity (Wildman–Crippen MR) is 96.9 cm³/mol. The summed E-state index contributed by atoms with van der Waals surface area (Å²) in [7, 11) is 0. The average Bonchev–Trinajstić information content (AvgIpc) is 2.55. The number of hydrogen-bond donors (Lipinski definition) is 1. The van der Waals surface area contributed by atoms with E-state index in [-0.39, 0.29) is 17.0 Å². The van der Waals surface area contributed by atoms with Gasteiger partial charge in [0.2, 0.25) is 0 Å². The average molecular weight is 321 g/mol. The first-order valence-electron chi connectivity index (χ1n) is 8.21. The lowest BCUT2D eigenvalue weighted by molar-refractivity contribution is 0.270. The van der Waals surface area contributed by atoms with Gasteiger partial charge in [-0.1, -0.05) is 57.2 Å². The van der Waals surface area contributed by atoms with Crippen LogP contribution in [-0.4, -0.2) is 9.38 Å². The maximum atomic E-state index is 12.2. The van der Waals surface area contributed by atoms with E-state index >= 15 is 0 Å². The molecule has 0 bridgehead atoms. The van der Waals surface area contributed by atoms with Crippen molar-refractivity contribution in [3.63, 3.8) is 0 Å². The molecule has 0 saturated carbocycles. The van der Waals surface area contributed by atoms with Gasteiger partial charge in [0.05, 0.1) is 5.69 Å². The summed E-state index contributed by atoms with van der Waals surface area (Å²) < 4.78 is 1.56. The summed E-state index contributed by atoms with van der Waals surface area (Å²) in [4.78, 5) is 16.8. The van der Waals surface area contributed by atoms with Crippen LogP contribution < -0.4 is 10.9 Å². The molecule has 0 saturated heterocycles. The van der Waals surface area contributed by atoms with E-state index < -0.39 is 0 Å². The zero-order valence-electron chi connectivity index (χ0n) is 14.4. The van der Waals surface area contributed by atoms with E-state index in [0.717, 1.165) is 5.69 Å². The molecule has 0 unspecified atom stereocenters. The highest BCUT2D eigenvalue weighted by Gasteiger charge is 2.25. The van der Waals surface area contributed by atoms with Crippen LogP contribution in [-0.2, 0) is 6.54 Å². The Morgan fingerprint density at radius 3 is 2.50 bits per heavy atom. The van der Waals surface area contributed by atoms with E-state index in [0.29, 0.717) is 12.2 Å². The molecule has 24 heavy (non-hydrogen) atoms. The Bertz CT molecular complexity index is 879. The number of nitrogens with one attached hydrogen (secondary N) is 1. The van der Waals surface area contributed by atoms with Crippen LogP contribution in [0.15, 0.2) is 65.6 Å². The fraction of sp³-hybridized carbons (Fsp3) is 0.300. The van der Waals surface area contributed by atoms with Crippen LogP contribution in [0.5, 0.6) is 0 Å². The van der Waals surface area contributed by atoms with Crippen LogP contribution in [0, 0.1) is 5.41 Å². The van der Waals surface area contributed by atoms with Crippen LogP contribution in [0.2, 0.25) is 0 Å². The summed E-state index contributed by atoms with van der Waals surface area (Å²) in [5.41, 5.74) is 2.67. The van der Waals surface area contributed by atoms with E-state index in [4.69, 9.17) is 0 Å². The van der Waals surface area contributed by atoms with Gasteiger partial charge in [0.1, 0.15) is 5.65 Å².